The summed E-state index contributed by atoms with van der Waals surface area (Å²) in [4.78, 5) is 0. The molecule has 0 aromatic heterocycles. The van der Waals surface area contributed by atoms with Gasteiger partial charge in [-0.15, -0.1) is 0 Å². The summed E-state index contributed by atoms with van der Waals surface area (Å²) in [7, 11) is 0. The number of nitrogens with zero attached hydrogens (tertiary/aromatic N) is 1. The molecule has 2 nitrogen and oxygen atoms in total. The number of hydrogen-bond acceptors (Lipinski definition) is 4. The first-order valence-corrected chi connectivity index (χ1v) is 8.00. The summed E-state index contributed by atoms with van der Waals surface area (Å²) < 4.78 is 0. The molecule has 0 aliphatic carbocycles. The van der Waals surface area contributed by atoms with Gasteiger partial charge in [0.05, 0.1) is 10.6 Å². The number of rotatable bonds is 3. The molecular weight excluding hydrogens is 272 g/mol. The van der Waals surface area contributed by atoms with Gasteiger partial charge < -0.3 is 5.32 Å². The minimum atomic E-state index is 0.517. The molecule has 1 heterocycles. The Kier molecular flexibility index (Phi) is 4.90. The summed E-state index contributed by atoms with van der Waals surface area (Å²) in [6.45, 7) is 0.958. The summed E-state index contributed by atoms with van der Waals surface area (Å²) in [5.41, 5.74) is 1.52. The lowest BCUT2D eigenvalue weighted by Gasteiger charge is -2.21. The number of benzene rings is 1. The highest BCUT2D eigenvalue weighted by molar-refractivity contribution is 8.06. The van der Waals surface area contributed by atoms with E-state index in [1.165, 1.54) is 17.3 Å². The monoisotopic (exact) mass is 284 g/mol. The molecule has 0 amide bonds. The molecule has 1 saturated heterocycles. The second-order valence-electron chi connectivity index (χ2n) is 3.76. The van der Waals surface area contributed by atoms with Crippen molar-refractivity contribution in [1.29, 1.82) is 5.26 Å². The minimum Gasteiger partial charge on any atom is -0.384 e. The van der Waals surface area contributed by atoms with Crippen LogP contribution in [0.1, 0.15) is 5.56 Å². The first-order valence-electron chi connectivity index (χ1n) is 5.42. The maximum Gasteiger partial charge on any atom is 0.101 e. The van der Waals surface area contributed by atoms with E-state index in [4.69, 9.17) is 16.9 Å². The van der Waals surface area contributed by atoms with Crippen LogP contribution in [0.5, 0.6) is 0 Å². The summed E-state index contributed by atoms with van der Waals surface area (Å²) in [5, 5.41) is 13.3. The molecule has 1 aliphatic rings. The molecule has 0 saturated carbocycles. The van der Waals surface area contributed by atoms with E-state index in [2.05, 4.69) is 11.4 Å². The average Bonchev–Trinajstić information content (AvgIpc) is 2.38. The highest BCUT2D eigenvalue weighted by Crippen LogP contribution is 2.25. The molecule has 0 unspecified atom stereocenters. The molecule has 17 heavy (non-hydrogen) atoms. The van der Waals surface area contributed by atoms with E-state index in [0.29, 0.717) is 15.8 Å². The Morgan fingerprint density at radius 3 is 3.00 bits per heavy atom. The summed E-state index contributed by atoms with van der Waals surface area (Å²) >= 11 is 10.0. The van der Waals surface area contributed by atoms with E-state index in [1.807, 2.05) is 35.7 Å². The van der Waals surface area contributed by atoms with Gasteiger partial charge in [-0.3, -0.25) is 0 Å². The number of anilines is 1. The fraction of sp³-hybridized carbons (Fsp3) is 0.417. The van der Waals surface area contributed by atoms with Gasteiger partial charge >= 0.3 is 0 Å². The third kappa shape index (κ3) is 3.74. The van der Waals surface area contributed by atoms with Gasteiger partial charge in [-0.05, 0) is 18.2 Å². The normalized spacial score (nSPS) is 19.6. The van der Waals surface area contributed by atoms with Gasteiger partial charge in [-0.2, -0.15) is 28.8 Å². The maximum absolute atomic E-state index is 8.78. The summed E-state index contributed by atoms with van der Waals surface area (Å²) in [6.07, 6.45) is 0. The van der Waals surface area contributed by atoms with Crippen LogP contribution in [0.4, 0.5) is 5.69 Å². The fourth-order valence-electron chi connectivity index (χ4n) is 1.60. The number of nitrogens with one attached hydrogen (secondary N) is 1. The first-order chi connectivity index (χ1) is 8.29. The molecule has 0 spiro atoms. The number of halogens is 1. The fourth-order valence-corrected chi connectivity index (χ4v) is 4.44. The molecule has 90 valence electrons. The zero-order valence-corrected chi connectivity index (χ0v) is 11.7. The first kappa shape index (κ1) is 12.9. The maximum atomic E-state index is 8.78. The Balaban J connectivity index is 1.90. The third-order valence-electron chi connectivity index (χ3n) is 2.51. The zero-order valence-electron chi connectivity index (χ0n) is 9.28. The summed E-state index contributed by atoms with van der Waals surface area (Å²) in [6, 6.07) is 7.55. The quantitative estimate of drug-likeness (QED) is 0.922. The van der Waals surface area contributed by atoms with Crippen LogP contribution in [0.25, 0.3) is 0 Å². The van der Waals surface area contributed by atoms with E-state index in [-0.39, 0.29) is 0 Å². The van der Waals surface area contributed by atoms with Gasteiger partial charge in [-0.1, -0.05) is 11.6 Å². The molecule has 1 aromatic rings. The Bertz CT molecular complexity index is 425. The average molecular weight is 285 g/mol. The van der Waals surface area contributed by atoms with Crippen LogP contribution in [0.3, 0.4) is 0 Å². The number of nitriles is 1. The van der Waals surface area contributed by atoms with Crippen molar-refractivity contribution in [2.45, 2.75) is 5.25 Å². The van der Waals surface area contributed by atoms with Crippen LogP contribution in [0, 0.1) is 11.3 Å². The SMILES string of the molecule is N#Cc1ccc(NC[C@H]2CSCCS2)cc1Cl. The van der Waals surface area contributed by atoms with Crippen molar-refractivity contribution in [1.82, 2.24) is 0 Å². The third-order valence-corrected chi connectivity index (χ3v) is 5.67. The van der Waals surface area contributed by atoms with Crippen LogP contribution in [-0.4, -0.2) is 29.1 Å². The van der Waals surface area contributed by atoms with Crippen molar-refractivity contribution < 1.29 is 0 Å². The standard InChI is InChI=1S/C12H13ClN2S2/c13-12-5-10(2-1-9(12)6-14)15-7-11-8-16-3-4-17-11/h1-2,5,11,15H,3-4,7-8H2/t11-/m0/s1. The highest BCUT2D eigenvalue weighted by atomic mass is 35.5. The van der Waals surface area contributed by atoms with Crippen LogP contribution in [0.2, 0.25) is 5.02 Å². The number of thioether (sulfide) groups is 2. The van der Waals surface area contributed by atoms with Crippen molar-refractivity contribution >= 4 is 40.8 Å². The zero-order chi connectivity index (χ0) is 12.1. The van der Waals surface area contributed by atoms with Crippen molar-refractivity contribution in [2.24, 2.45) is 0 Å². The van der Waals surface area contributed by atoms with Gasteiger partial charge in [0.25, 0.3) is 0 Å². The van der Waals surface area contributed by atoms with Crippen LogP contribution < -0.4 is 5.32 Å². The molecule has 1 N–H and O–H groups in total. The topological polar surface area (TPSA) is 35.8 Å². The van der Waals surface area contributed by atoms with Crippen LogP contribution in [-0.2, 0) is 0 Å². The molecule has 0 radical (unpaired) electrons. The molecule has 1 aromatic carbocycles. The molecule has 1 aliphatic heterocycles. The predicted octanol–water partition coefficient (Wildman–Crippen LogP) is 3.47. The van der Waals surface area contributed by atoms with E-state index >= 15 is 0 Å². The smallest absolute Gasteiger partial charge is 0.101 e. The van der Waals surface area contributed by atoms with Crippen molar-refractivity contribution in [3.63, 3.8) is 0 Å². The van der Waals surface area contributed by atoms with Crippen LogP contribution in [0.15, 0.2) is 18.2 Å². The lowest BCUT2D eigenvalue weighted by atomic mass is 10.2. The Morgan fingerprint density at radius 1 is 1.47 bits per heavy atom. The minimum absolute atomic E-state index is 0.517. The second-order valence-corrected chi connectivity index (χ2v) is 6.72. The Labute approximate surface area is 115 Å². The van der Waals surface area contributed by atoms with E-state index < -0.39 is 0 Å². The highest BCUT2D eigenvalue weighted by Gasteiger charge is 2.13. The second kappa shape index (κ2) is 6.44. The van der Waals surface area contributed by atoms with Gasteiger partial charge in [-0.25, -0.2) is 0 Å². The van der Waals surface area contributed by atoms with Crippen molar-refractivity contribution in [3.05, 3.63) is 28.8 Å². The molecule has 1 atom stereocenters. The van der Waals surface area contributed by atoms with Gasteiger partial charge in [0, 0.05) is 34.7 Å². The van der Waals surface area contributed by atoms with Gasteiger partial charge in [0.15, 0.2) is 0 Å². The molecule has 2 rings (SSSR count). The van der Waals surface area contributed by atoms with Crippen molar-refractivity contribution in [3.8, 4) is 6.07 Å². The van der Waals surface area contributed by atoms with E-state index in [9.17, 15) is 0 Å². The number of hydrogen-bond donors (Lipinski definition) is 1. The van der Waals surface area contributed by atoms with Gasteiger partial charge in [0.1, 0.15) is 6.07 Å². The summed E-state index contributed by atoms with van der Waals surface area (Å²) in [5.74, 6) is 3.72. The van der Waals surface area contributed by atoms with Gasteiger partial charge in [0.2, 0.25) is 0 Å². The Hall–Kier alpha value is -0.500. The molecule has 1 fully saturated rings. The van der Waals surface area contributed by atoms with E-state index in [0.717, 1.165) is 12.2 Å². The molecular formula is C12H13ClN2S2. The molecule has 0 bridgehead atoms. The predicted molar refractivity (Wildman–Crippen MR) is 78.2 cm³/mol. The largest absolute Gasteiger partial charge is 0.384 e. The van der Waals surface area contributed by atoms with Crippen molar-refractivity contribution in [2.75, 3.05) is 29.1 Å². The Morgan fingerprint density at radius 2 is 2.35 bits per heavy atom. The van der Waals surface area contributed by atoms with E-state index in [1.54, 1.807) is 6.07 Å². The van der Waals surface area contributed by atoms with Crippen LogP contribution >= 0.6 is 35.1 Å². The molecule has 5 heteroatoms. The lowest BCUT2D eigenvalue weighted by Crippen LogP contribution is -2.23. The lowest BCUT2D eigenvalue weighted by molar-refractivity contribution is 1.00.